The molecular weight excluding hydrogens is 464 g/mol. The zero-order valence-electron chi connectivity index (χ0n) is 20.6. The molecule has 2 amide bonds. The summed E-state index contributed by atoms with van der Waals surface area (Å²) in [7, 11) is 0. The molecule has 2 heterocycles. The number of benzene rings is 2. The van der Waals surface area contributed by atoms with E-state index in [-0.39, 0.29) is 18.4 Å². The van der Waals surface area contributed by atoms with Gasteiger partial charge in [0.1, 0.15) is 11.4 Å². The minimum absolute atomic E-state index is 0.00140. The summed E-state index contributed by atoms with van der Waals surface area (Å²) >= 11 is 0. The van der Waals surface area contributed by atoms with Gasteiger partial charge in [-0.05, 0) is 32.0 Å². The van der Waals surface area contributed by atoms with Gasteiger partial charge in [0.15, 0.2) is 0 Å². The van der Waals surface area contributed by atoms with Gasteiger partial charge in [-0.15, -0.1) is 0 Å². The molecule has 0 bridgehead atoms. The lowest BCUT2D eigenvalue weighted by Crippen LogP contribution is -2.28. The lowest BCUT2D eigenvalue weighted by Gasteiger charge is -2.20. The van der Waals surface area contributed by atoms with Gasteiger partial charge in [0.2, 0.25) is 0 Å². The first kappa shape index (κ1) is 25.8. The standard InChI is InChI=1S/C27H32N2O7/c1-27(2)21-17-18(25(31)28-9-11-33-13-15-35-16-14-34-12-10-30)7-8-19(21)24(36-27)23-20-5-3-4-6-22(20)29-26(23)32/h3-8,17,30H,9-16H2,1-2H3,(H,28,31)(H,29,32). The number of nitrogens with one attached hydrogen (secondary N) is 2. The number of carbonyl (C=O) groups excluding carboxylic acids is 2. The Morgan fingerprint density at radius 2 is 1.67 bits per heavy atom. The molecule has 3 N–H and O–H groups in total. The number of hydrogen-bond acceptors (Lipinski definition) is 7. The van der Waals surface area contributed by atoms with Crippen molar-refractivity contribution >= 4 is 28.8 Å². The molecule has 9 nitrogen and oxygen atoms in total. The second-order valence-electron chi connectivity index (χ2n) is 8.89. The Bertz CT molecular complexity index is 1140. The molecule has 4 rings (SSSR count). The Morgan fingerprint density at radius 3 is 2.42 bits per heavy atom. The number of carbonyl (C=O) groups is 2. The van der Waals surface area contributed by atoms with Crippen molar-refractivity contribution in [2.75, 3.05) is 58.1 Å². The van der Waals surface area contributed by atoms with Crippen molar-refractivity contribution in [3.63, 3.8) is 0 Å². The third-order valence-electron chi connectivity index (χ3n) is 5.94. The van der Waals surface area contributed by atoms with E-state index in [1.54, 1.807) is 6.07 Å². The van der Waals surface area contributed by atoms with Gasteiger partial charge in [-0.25, -0.2) is 0 Å². The highest BCUT2D eigenvalue weighted by molar-refractivity contribution is 6.36. The monoisotopic (exact) mass is 496 g/mol. The minimum Gasteiger partial charge on any atom is -0.482 e. The van der Waals surface area contributed by atoms with Crippen LogP contribution in [-0.4, -0.2) is 69.7 Å². The average Bonchev–Trinajstić information content (AvgIpc) is 3.34. The summed E-state index contributed by atoms with van der Waals surface area (Å²) in [5.41, 5.74) is 3.56. The fourth-order valence-corrected chi connectivity index (χ4v) is 4.22. The van der Waals surface area contributed by atoms with E-state index in [0.717, 1.165) is 22.4 Å². The van der Waals surface area contributed by atoms with Crippen LogP contribution in [0.4, 0.5) is 5.69 Å². The van der Waals surface area contributed by atoms with Gasteiger partial charge in [-0.1, -0.05) is 24.3 Å². The average molecular weight is 497 g/mol. The number of anilines is 1. The normalized spacial score (nSPS) is 17.4. The van der Waals surface area contributed by atoms with Crippen LogP contribution in [0.2, 0.25) is 0 Å². The second-order valence-corrected chi connectivity index (χ2v) is 8.89. The number of rotatable bonds is 12. The highest BCUT2D eigenvalue weighted by Crippen LogP contribution is 2.48. The van der Waals surface area contributed by atoms with Crippen molar-refractivity contribution in [3.8, 4) is 0 Å². The first-order chi connectivity index (χ1) is 17.4. The van der Waals surface area contributed by atoms with Gasteiger partial charge in [0.05, 0.1) is 51.8 Å². The first-order valence-electron chi connectivity index (χ1n) is 12.0. The van der Waals surface area contributed by atoms with Crippen LogP contribution in [0, 0.1) is 0 Å². The maximum atomic E-state index is 12.8. The maximum absolute atomic E-state index is 12.8. The summed E-state index contributed by atoms with van der Waals surface area (Å²) in [4.78, 5) is 25.5. The smallest absolute Gasteiger partial charge is 0.260 e. The van der Waals surface area contributed by atoms with Crippen molar-refractivity contribution in [2.45, 2.75) is 19.4 Å². The zero-order chi connectivity index (χ0) is 25.5. The molecule has 0 saturated carbocycles. The molecule has 2 aromatic carbocycles. The van der Waals surface area contributed by atoms with Crippen molar-refractivity contribution in [1.82, 2.24) is 5.32 Å². The highest BCUT2D eigenvalue weighted by atomic mass is 16.5. The molecule has 0 saturated heterocycles. The van der Waals surface area contributed by atoms with Crippen LogP contribution in [0.25, 0.3) is 11.3 Å². The van der Waals surface area contributed by atoms with Gasteiger partial charge in [0, 0.05) is 34.5 Å². The minimum atomic E-state index is -0.696. The number of amides is 2. The topological polar surface area (TPSA) is 115 Å². The van der Waals surface area contributed by atoms with Gasteiger partial charge in [-0.2, -0.15) is 0 Å². The summed E-state index contributed by atoms with van der Waals surface area (Å²) in [6, 6.07) is 12.9. The molecule has 192 valence electrons. The Balaban J connectivity index is 1.33. The van der Waals surface area contributed by atoms with Crippen LogP contribution < -0.4 is 10.6 Å². The molecule has 0 spiro atoms. The van der Waals surface area contributed by atoms with E-state index in [1.807, 2.05) is 50.2 Å². The molecule has 0 fully saturated rings. The quantitative estimate of drug-likeness (QED) is 0.306. The Morgan fingerprint density at radius 1 is 0.972 bits per heavy atom. The van der Waals surface area contributed by atoms with Crippen LogP contribution >= 0.6 is 0 Å². The summed E-state index contributed by atoms with van der Waals surface area (Å²) < 4.78 is 22.2. The van der Waals surface area contributed by atoms with E-state index in [4.69, 9.17) is 24.1 Å². The SMILES string of the molecule is CC1(C)OC(=C2C(=O)Nc3ccccc32)c2ccc(C(=O)NCCOCCOCCOCCO)cc21. The van der Waals surface area contributed by atoms with E-state index >= 15 is 0 Å². The summed E-state index contributed by atoms with van der Waals surface area (Å²) in [5.74, 6) is 0.122. The zero-order valence-corrected chi connectivity index (χ0v) is 20.6. The lowest BCUT2D eigenvalue weighted by atomic mass is 9.92. The van der Waals surface area contributed by atoms with Gasteiger partial charge in [0.25, 0.3) is 11.8 Å². The van der Waals surface area contributed by atoms with Crippen LogP contribution in [-0.2, 0) is 29.3 Å². The first-order valence-corrected chi connectivity index (χ1v) is 12.0. The van der Waals surface area contributed by atoms with Crippen molar-refractivity contribution in [2.24, 2.45) is 0 Å². The van der Waals surface area contributed by atoms with Gasteiger partial charge < -0.3 is 34.7 Å². The largest absolute Gasteiger partial charge is 0.482 e. The summed E-state index contributed by atoms with van der Waals surface area (Å²) in [6.07, 6.45) is 0. The Hall–Kier alpha value is -3.24. The van der Waals surface area contributed by atoms with Gasteiger partial charge in [-0.3, -0.25) is 9.59 Å². The van der Waals surface area contributed by atoms with E-state index < -0.39 is 5.60 Å². The molecule has 2 aliphatic heterocycles. The maximum Gasteiger partial charge on any atom is 0.260 e. The molecular formula is C27H32N2O7. The fraction of sp³-hybridized carbons (Fsp3) is 0.407. The van der Waals surface area contributed by atoms with Crippen molar-refractivity contribution < 1.29 is 33.6 Å². The number of fused-ring (bicyclic) bond motifs is 2. The highest BCUT2D eigenvalue weighted by Gasteiger charge is 2.40. The summed E-state index contributed by atoms with van der Waals surface area (Å²) in [5, 5.41) is 14.4. The third kappa shape index (κ3) is 5.76. The van der Waals surface area contributed by atoms with Crippen LogP contribution in [0.3, 0.4) is 0 Å². The van der Waals surface area contributed by atoms with Crippen LogP contribution in [0.5, 0.6) is 0 Å². The molecule has 0 radical (unpaired) electrons. The van der Waals surface area contributed by atoms with Gasteiger partial charge >= 0.3 is 0 Å². The second kappa shape index (κ2) is 11.7. The number of para-hydroxylation sites is 1. The molecule has 2 aromatic rings. The van der Waals surface area contributed by atoms with Crippen LogP contribution in [0.15, 0.2) is 42.5 Å². The Kier molecular flexibility index (Phi) is 8.37. The van der Waals surface area contributed by atoms with Crippen LogP contribution in [0.1, 0.15) is 40.9 Å². The van der Waals surface area contributed by atoms with Crippen molar-refractivity contribution in [1.29, 1.82) is 0 Å². The lowest BCUT2D eigenvalue weighted by molar-refractivity contribution is -0.110. The number of hydrogen-bond donors (Lipinski definition) is 3. The predicted molar refractivity (Wildman–Crippen MR) is 134 cm³/mol. The number of aliphatic hydroxyl groups excluding tert-OH is 1. The molecule has 0 unspecified atom stereocenters. The molecule has 0 aromatic heterocycles. The van der Waals surface area contributed by atoms with E-state index in [0.29, 0.717) is 63.1 Å². The fourth-order valence-electron chi connectivity index (χ4n) is 4.22. The van der Waals surface area contributed by atoms with E-state index in [2.05, 4.69) is 10.6 Å². The van der Waals surface area contributed by atoms with E-state index in [9.17, 15) is 9.59 Å². The summed E-state index contributed by atoms with van der Waals surface area (Å²) in [6.45, 7) is 6.58. The molecule has 0 atom stereocenters. The molecule has 0 aliphatic carbocycles. The third-order valence-corrected chi connectivity index (χ3v) is 5.94. The molecule has 2 aliphatic rings. The predicted octanol–water partition coefficient (Wildman–Crippen LogP) is 2.54. The molecule has 36 heavy (non-hydrogen) atoms. The molecule has 9 heteroatoms. The Labute approximate surface area is 210 Å². The van der Waals surface area contributed by atoms with Crippen molar-refractivity contribution in [3.05, 3.63) is 64.7 Å². The van der Waals surface area contributed by atoms with E-state index in [1.165, 1.54) is 0 Å². The number of ether oxygens (including phenoxy) is 4. The number of aliphatic hydroxyl groups is 1.